The molecule has 0 aliphatic heterocycles. The minimum absolute atomic E-state index is 0.441. The van der Waals surface area contributed by atoms with Crippen molar-refractivity contribution >= 4 is 32.7 Å². The summed E-state index contributed by atoms with van der Waals surface area (Å²) in [5.74, 6) is 0.600. The van der Waals surface area contributed by atoms with E-state index in [4.69, 9.17) is 14.5 Å². The Labute approximate surface area is 168 Å². The zero-order valence-corrected chi connectivity index (χ0v) is 17.8. The molecule has 0 amide bonds. The minimum Gasteiger partial charge on any atom is -0.481 e. The molecular formula is C21H24N4O2S. The lowest BCUT2D eigenvalue weighted by Crippen LogP contribution is -1.96. The number of hydrogen-bond donors (Lipinski definition) is 0. The average molecular weight is 397 g/mol. The third-order valence-corrected chi connectivity index (χ3v) is 5.09. The van der Waals surface area contributed by atoms with E-state index in [0.29, 0.717) is 12.5 Å². The Morgan fingerprint density at radius 1 is 0.964 bits per heavy atom. The molecule has 0 saturated heterocycles. The first kappa shape index (κ1) is 20.1. The Morgan fingerprint density at radius 3 is 2.46 bits per heavy atom. The Hall–Kier alpha value is -2.64. The second-order valence-electron chi connectivity index (χ2n) is 6.13. The molecule has 0 bridgehead atoms. The van der Waals surface area contributed by atoms with Crippen molar-refractivity contribution in [2.75, 3.05) is 14.2 Å². The molecule has 146 valence electrons. The van der Waals surface area contributed by atoms with Crippen molar-refractivity contribution in [1.82, 2.24) is 19.9 Å². The largest absolute Gasteiger partial charge is 0.481 e. The van der Waals surface area contributed by atoms with Gasteiger partial charge in [0.15, 0.2) is 0 Å². The summed E-state index contributed by atoms with van der Waals surface area (Å²) in [5, 5.41) is 0.881. The summed E-state index contributed by atoms with van der Waals surface area (Å²) in [6, 6.07) is 6.03. The van der Waals surface area contributed by atoms with Gasteiger partial charge in [0, 0.05) is 18.7 Å². The monoisotopic (exact) mass is 396 g/mol. The van der Waals surface area contributed by atoms with Gasteiger partial charge in [-0.3, -0.25) is 4.98 Å². The number of rotatable bonds is 4. The molecular weight excluding hydrogens is 372 g/mol. The first-order valence-corrected chi connectivity index (χ1v) is 9.98. The first-order valence-electron chi connectivity index (χ1n) is 9.17. The number of aromatic nitrogens is 4. The van der Waals surface area contributed by atoms with E-state index >= 15 is 0 Å². The highest BCUT2D eigenvalue weighted by Crippen LogP contribution is 2.35. The lowest BCUT2D eigenvalue weighted by Gasteiger charge is -2.06. The molecule has 1 aromatic carbocycles. The molecule has 7 heteroatoms. The smallest absolute Gasteiger partial charge is 0.214 e. The first-order chi connectivity index (χ1) is 13.6. The Bertz CT molecular complexity index is 1120. The molecule has 0 unspecified atom stereocenters. The Balaban J connectivity index is 0.00000109. The summed E-state index contributed by atoms with van der Waals surface area (Å²) in [6.07, 6.45) is 1.75. The summed E-state index contributed by atoms with van der Waals surface area (Å²) in [7, 11) is 3.27. The number of ether oxygens (including phenoxy) is 2. The number of methoxy groups -OCH3 is 2. The van der Waals surface area contributed by atoms with Crippen molar-refractivity contribution < 1.29 is 9.47 Å². The highest BCUT2D eigenvalue weighted by atomic mass is 32.1. The number of benzene rings is 1. The van der Waals surface area contributed by atoms with Crippen molar-refractivity contribution in [3.8, 4) is 16.5 Å². The average Bonchev–Trinajstić information content (AvgIpc) is 3.13. The summed E-state index contributed by atoms with van der Waals surface area (Å²) >= 11 is 1.54. The highest BCUT2D eigenvalue weighted by molar-refractivity contribution is 7.21. The van der Waals surface area contributed by atoms with Gasteiger partial charge in [0.05, 0.1) is 36.6 Å². The van der Waals surface area contributed by atoms with Gasteiger partial charge >= 0.3 is 0 Å². The highest BCUT2D eigenvalue weighted by Gasteiger charge is 2.15. The van der Waals surface area contributed by atoms with E-state index in [1.807, 2.05) is 39.8 Å². The number of pyridine rings is 1. The molecule has 0 fully saturated rings. The normalized spacial score (nSPS) is 10.8. The van der Waals surface area contributed by atoms with Gasteiger partial charge in [-0.15, -0.1) is 0 Å². The van der Waals surface area contributed by atoms with Crippen LogP contribution in [0.3, 0.4) is 0 Å². The molecule has 0 radical (unpaired) electrons. The predicted molar refractivity (Wildman–Crippen MR) is 114 cm³/mol. The second kappa shape index (κ2) is 8.58. The molecule has 0 spiro atoms. The summed E-state index contributed by atoms with van der Waals surface area (Å²) in [5.41, 5.74) is 6.50. The molecule has 4 aromatic rings. The van der Waals surface area contributed by atoms with Crippen LogP contribution in [-0.4, -0.2) is 34.2 Å². The van der Waals surface area contributed by atoms with Crippen LogP contribution in [0, 0.1) is 13.8 Å². The van der Waals surface area contributed by atoms with Crippen LogP contribution in [0.5, 0.6) is 5.88 Å². The van der Waals surface area contributed by atoms with E-state index in [-0.39, 0.29) is 0 Å². The fraction of sp³-hybridized carbons (Fsp3) is 0.333. The number of nitrogens with zero attached hydrogens (tertiary/aromatic N) is 4. The van der Waals surface area contributed by atoms with E-state index in [1.165, 1.54) is 11.3 Å². The van der Waals surface area contributed by atoms with Gasteiger partial charge in [-0.1, -0.05) is 25.2 Å². The summed E-state index contributed by atoms with van der Waals surface area (Å²) in [6.45, 7) is 8.50. The molecule has 0 saturated carbocycles. The molecule has 0 atom stereocenters. The maximum Gasteiger partial charge on any atom is 0.214 e. The van der Waals surface area contributed by atoms with Gasteiger partial charge in [0.25, 0.3) is 0 Å². The number of fused-ring (bicyclic) bond motifs is 2. The second-order valence-corrected chi connectivity index (χ2v) is 7.11. The quantitative estimate of drug-likeness (QED) is 0.478. The maximum atomic E-state index is 5.28. The summed E-state index contributed by atoms with van der Waals surface area (Å²) < 4.78 is 10.4. The van der Waals surface area contributed by atoms with Crippen LogP contribution in [0.4, 0.5) is 0 Å². The molecule has 4 rings (SSSR count). The van der Waals surface area contributed by atoms with Crippen LogP contribution in [0.2, 0.25) is 0 Å². The fourth-order valence-electron chi connectivity index (χ4n) is 2.93. The van der Waals surface area contributed by atoms with E-state index in [0.717, 1.165) is 48.8 Å². The molecule has 3 aromatic heterocycles. The van der Waals surface area contributed by atoms with E-state index in [9.17, 15) is 0 Å². The van der Waals surface area contributed by atoms with Gasteiger partial charge in [-0.2, -0.15) is 0 Å². The molecule has 0 aliphatic rings. The number of aryl methyl sites for hydroxylation is 2. The fourth-order valence-corrected chi connectivity index (χ4v) is 3.96. The Morgan fingerprint density at radius 2 is 1.75 bits per heavy atom. The predicted octanol–water partition coefficient (Wildman–Crippen LogP) is 5.10. The maximum absolute atomic E-state index is 5.28. The molecule has 28 heavy (non-hydrogen) atoms. The van der Waals surface area contributed by atoms with Crippen molar-refractivity contribution in [3.05, 3.63) is 41.2 Å². The van der Waals surface area contributed by atoms with Crippen LogP contribution in [0.1, 0.15) is 30.7 Å². The van der Waals surface area contributed by atoms with Gasteiger partial charge in [-0.25, -0.2) is 15.0 Å². The van der Waals surface area contributed by atoms with Crippen molar-refractivity contribution in [2.24, 2.45) is 0 Å². The Kier molecular flexibility index (Phi) is 6.16. The SMILES string of the molecule is CC.COCc1cnc2c(-c3nc4c(C)cc(OC)nc4s3)cc(C)cc2n1. The molecule has 0 aliphatic carbocycles. The van der Waals surface area contributed by atoms with Gasteiger partial charge in [0.1, 0.15) is 15.4 Å². The standard InChI is InChI=1S/C19H18N4O2S.C2H6/c1-10-5-13(17-14(6-10)21-12(8-20-17)9-24-3)18-23-16-11(2)7-15(25-4)22-19(16)26-18;1-2/h5-8H,9H2,1-4H3;1-2H3. The zero-order chi connectivity index (χ0) is 20.3. The third kappa shape index (κ3) is 3.81. The lowest BCUT2D eigenvalue weighted by molar-refractivity contribution is 0.181. The topological polar surface area (TPSA) is 70.0 Å². The minimum atomic E-state index is 0.441. The van der Waals surface area contributed by atoms with Crippen LogP contribution >= 0.6 is 11.3 Å². The van der Waals surface area contributed by atoms with Gasteiger partial charge < -0.3 is 9.47 Å². The van der Waals surface area contributed by atoms with Crippen molar-refractivity contribution in [3.63, 3.8) is 0 Å². The van der Waals surface area contributed by atoms with Crippen LogP contribution in [-0.2, 0) is 11.3 Å². The lowest BCUT2D eigenvalue weighted by atomic mass is 10.1. The number of thiazole rings is 1. The summed E-state index contributed by atoms with van der Waals surface area (Å²) in [4.78, 5) is 19.5. The van der Waals surface area contributed by atoms with Gasteiger partial charge in [-0.05, 0) is 37.1 Å². The van der Waals surface area contributed by atoms with Crippen molar-refractivity contribution in [2.45, 2.75) is 34.3 Å². The van der Waals surface area contributed by atoms with Crippen LogP contribution in [0.25, 0.3) is 32.0 Å². The van der Waals surface area contributed by atoms with Gasteiger partial charge in [0.2, 0.25) is 5.88 Å². The van der Waals surface area contributed by atoms with Crippen LogP contribution < -0.4 is 4.74 Å². The van der Waals surface area contributed by atoms with E-state index in [2.05, 4.69) is 21.0 Å². The van der Waals surface area contributed by atoms with Crippen LogP contribution in [0.15, 0.2) is 24.4 Å². The number of hydrogen-bond acceptors (Lipinski definition) is 7. The zero-order valence-electron chi connectivity index (χ0n) is 17.0. The van der Waals surface area contributed by atoms with E-state index in [1.54, 1.807) is 20.4 Å². The molecule has 0 N–H and O–H groups in total. The van der Waals surface area contributed by atoms with E-state index < -0.39 is 0 Å². The molecule has 3 heterocycles. The van der Waals surface area contributed by atoms with Crippen molar-refractivity contribution in [1.29, 1.82) is 0 Å². The third-order valence-electron chi connectivity index (χ3n) is 4.11. The molecule has 6 nitrogen and oxygen atoms in total.